The molecule has 0 amide bonds. The maximum Gasteiger partial charge on any atom is 0.433 e. The zero-order valence-electron chi connectivity index (χ0n) is 19.8. The number of thiophene rings is 1. The molecule has 0 spiro atoms. The first-order valence-corrected chi connectivity index (χ1v) is 12.4. The molecule has 0 saturated heterocycles. The molecule has 188 valence electrons. The van der Waals surface area contributed by atoms with Gasteiger partial charge in [0.25, 0.3) is 0 Å². The summed E-state index contributed by atoms with van der Waals surface area (Å²) in [5.41, 5.74) is 1.81. The lowest BCUT2D eigenvalue weighted by Gasteiger charge is -2.06. The molecule has 0 radical (unpaired) electrons. The van der Waals surface area contributed by atoms with E-state index in [9.17, 15) is 13.2 Å². The van der Waals surface area contributed by atoms with Crippen molar-refractivity contribution in [3.63, 3.8) is 0 Å². The van der Waals surface area contributed by atoms with E-state index in [0.717, 1.165) is 36.0 Å². The Kier molecular flexibility index (Phi) is 5.59. The summed E-state index contributed by atoms with van der Waals surface area (Å²) in [6.45, 7) is 4.01. The van der Waals surface area contributed by atoms with Gasteiger partial charge in [-0.15, -0.1) is 16.4 Å². The largest absolute Gasteiger partial charge is 0.486 e. The van der Waals surface area contributed by atoms with Gasteiger partial charge in [0.15, 0.2) is 11.4 Å². The Morgan fingerprint density at radius 2 is 1.89 bits per heavy atom. The molecule has 0 aliphatic carbocycles. The van der Waals surface area contributed by atoms with Crippen LogP contribution in [0.2, 0.25) is 0 Å². The molecule has 11 heteroatoms. The Labute approximate surface area is 212 Å². The second-order valence-corrected chi connectivity index (χ2v) is 9.68. The smallest absolute Gasteiger partial charge is 0.433 e. The fourth-order valence-electron chi connectivity index (χ4n) is 4.23. The number of halogens is 3. The number of pyridine rings is 1. The van der Waals surface area contributed by atoms with E-state index in [-0.39, 0.29) is 11.4 Å². The van der Waals surface area contributed by atoms with Crippen molar-refractivity contribution in [2.45, 2.75) is 39.5 Å². The molecule has 0 fully saturated rings. The first kappa shape index (κ1) is 23.4. The van der Waals surface area contributed by atoms with Gasteiger partial charge in [0.1, 0.15) is 39.7 Å². The van der Waals surface area contributed by atoms with Crippen LogP contribution >= 0.6 is 11.3 Å². The van der Waals surface area contributed by atoms with Gasteiger partial charge in [0, 0.05) is 5.39 Å². The van der Waals surface area contributed by atoms with Crippen molar-refractivity contribution in [2.24, 2.45) is 0 Å². The van der Waals surface area contributed by atoms with Gasteiger partial charge in [0.2, 0.25) is 5.82 Å². The van der Waals surface area contributed by atoms with Crippen molar-refractivity contribution >= 4 is 37.4 Å². The van der Waals surface area contributed by atoms with E-state index in [1.807, 2.05) is 12.1 Å². The summed E-state index contributed by atoms with van der Waals surface area (Å²) < 4.78 is 53.7. The van der Waals surface area contributed by atoms with Crippen LogP contribution in [0.25, 0.3) is 37.7 Å². The predicted octanol–water partition coefficient (Wildman–Crippen LogP) is 7.01. The number of aryl methyl sites for hydroxylation is 2. The molecule has 6 aromatic rings. The Bertz CT molecular complexity index is 1750. The van der Waals surface area contributed by atoms with Gasteiger partial charge < -0.3 is 9.15 Å². The average Bonchev–Trinajstić information content (AvgIpc) is 3.59. The standard InChI is InChI=1S/C26H20F3N5O2S/c1-3-4-15-5-7-16(8-6-15)35-12-17-9-10-18(36-17)23-32-24-22-21(30-13-34(24)33-23)20-14(2)11-19(26(27,28)29)31-25(20)37-22/h5-11,13H,3-4,12H2,1-2H3. The summed E-state index contributed by atoms with van der Waals surface area (Å²) >= 11 is 1.11. The van der Waals surface area contributed by atoms with E-state index in [1.165, 1.54) is 16.4 Å². The fraction of sp³-hybridized carbons (Fsp3) is 0.231. The molecule has 37 heavy (non-hydrogen) atoms. The van der Waals surface area contributed by atoms with Crippen molar-refractivity contribution in [1.82, 2.24) is 24.6 Å². The van der Waals surface area contributed by atoms with E-state index < -0.39 is 11.9 Å². The minimum Gasteiger partial charge on any atom is -0.486 e. The maximum atomic E-state index is 13.3. The highest BCUT2D eigenvalue weighted by Gasteiger charge is 2.33. The summed E-state index contributed by atoms with van der Waals surface area (Å²) in [5, 5.41) is 5.04. The molecule has 5 aromatic heterocycles. The number of alkyl halides is 3. The fourth-order valence-corrected chi connectivity index (χ4v) is 5.41. The molecule has 0 aliphatic heterocycles. The molecule has 0 bridgehead atoms. The van der Waals surface area contributed by atoms with Gasteiger partial charge in [-0.1, -0.05) is 25.5 Å². The monoisotopic (exact) mass is 523 g/mol. The van der Waals surface area contributed by atoms with Gasteiger partial charge in [-0.05, 0) is 54.8 Å². The number of hydrogen-bond acceptors (Lipinski definition) is 7. The van der Waals surface area contributed by atoms with Crippen LogP contribution in [-0.2, 0) is 19.2 Å². The highest BCUT2D eigenvalue weighted by Crippen LogP contribution is 2.38. The van der Waals surface area contributed by atoms with Crippen molar-refractivity contribution in [2.75, 3.05) is 0 Å². The quantitative estimate of drug-likeness (QED) is 0.234. The van der Waals surface area contributed by atoms with E-state index in [4.69, 9.17) is 9.15 Å². The lowest BCUT2D eigenvalue weighted by Crippen LogP contribution is -2.07. The van der Waals surface area contributed by atoms with Gasteiger partial charge >= 0.3 is 6.18 Å². The average molecular weight is 524 g/mol. The van der Waals surface area contributed by atoms with Crippen LogP contribution in [0, 0.1) is 6.92 Å². The SMILES string of the molecule is CCCc1ccc(OCc2ccc(-c3nc4c5sc6nc(C(F)(F)F)cc(C)c6c5ncn4n3)o2)cc1. The number of benzene rings is 1. The molecule has 0 unspecified atom stereocenters. The van der Waals surface area contributed by atoms with Crippen LogP contribution < -0.4 is 4.74 Å². The van der Waals surface area contributed by atoms with Gasteiger partial charge in [0.05, 0.1) is 5.52 Å². The lowest BCUT2D eigenvalue weighted by molar-refractivity contribution is -0.141. The molecule has 0 atom stereocenters. The summed E-state index contributed by atoms with van der Waals surface area (Å²) in [7, 11) is 0. The zero-order valence-corrected chi connectivity index (χ0v) is 20.7. The third kappa shape index (κ3) is 4.29. The Balaban J connectivity index is 1.30. The van der Waals surface area contributed by atoms with Crippen molar-refractivity contribution < 1.29 is 22.3 Å². The number of ether oxygens (including phenoxy) is 1. The van der Waals surface area contributed by atoms with Crippen molar-refractivity contribution in [3.8, 4) is 17.3 Å². The molecular formula is C26H20F3N5O2S. The van der Waals surface area contributed by atoms with E-state index >= 15 is 0 Å². The number of rotatable bonds is 6. The summed E-state index contributed by atoms with van der Waals surface area (Å²) in [5.74, 6) is 2.14. The molecule has 0 N–H and O–H groups in total. The minimum absolute atomic E-state index is 0.245. The van der Waals surface area contributed by atoms with Gasteiger partial charge in [-0.3, -0.25) is 0 Å². The summed E-state index contributed by atoms with van der Waals surface area (Å²) in [4.78, 5) is 13.1. The molecule has 7 nitrogen and oxygen atoms in total. The number of aromatic nitrogens is 5. The highest BCUT2D eigenvalue weighted by molar-refractivity contribution is 7.26. The number of furan rings is 1. The molecule has 1 aromatic carbocycles. The van der Waals surface area contributed by atoms with Gasteiger partial charge in [-0.25, -0.2) is 19.5 Å². The van der Waals surface area contributed by atoms with Crippen molar-refractivity contribution in [3.05, 3.63) is 71.4 Å². The Hall–Kier alpha value is -3.99. The second-order valence-electron chi connectivity index (χ2n) is 8.68. The molecule has 5 heterocycles. The molecule has 0 aliphatic rings. The minimum atomic E-state index is -4.53. The van der Waals surface area contributed by atoms with Crippen LogP contribution in [0.1, 0.15) is 35.9 Å². The van der Waals surface area contributed by atoms with E-state index in [1.54, 1.807) is 19.1 Å². The number of hydrogen-bond donors (Lipinski definition) is 0. The first-order chi connectivity index (χ1) is 17.8. The summed E-state index contributed by atoms with van der Waals surface area (Å²) in [6, 6.07) is 12.6. The van der Waals surface area contributed by atoms with Crippen LogP contribution in [0.4, 0.5) is 13.2 Å². The van der Waals surface area contributed by atoms with Crippen LogP contribution in [-0.4, -0.2) is 24.6 Å². The number of nitrogens with zero attached hydrogens (tertiary/aromatic N) is 5. The first-order valence-electron chi connectivity index (χ1n) is 11.6. The lowest BCUT2D eigenvalue weighted by atomic mass is 10.1. The topological polar surface area (TPSA) is 78.3 Å². The van der Waals surface area contributed by atoms with Crippen LogP contribution in [0.5, 0.6) is 5.75 Å². The molecular weight excluding hydrogens is 503 g/mol. The zero-order chi connectivity index (χ0) is 25.7. The maximum absolute atomic E-state index is 13.3. The second kappa shape index (κ2) is 8.84. The Morgan fingerprint density at radius 3 is 2.65 bits per heavy atom. The van der Waals surface area contributed by atoms with E-state index in [0.29, 0.717) is 44.2 Å². The van der Waals surface area contributed by atoms with Crippen LogP contribution in [0.15, 0.2) is 53.2 Å². The molecule has 0 saturated carbocycles. The molecule has 6 rings (SSSR count). The van der Waals surface area contributed by atoms with Gasteiger partial charge in [-0.2, -0.15) is 13.2 Å². The van der Waals surface area contributed by atoms with E-state index in [2.05, 4.69) is 39.1 Å². The predicted molar refractivity (Wildman–Crippen MR) is 134 cm³/mol. The Morgan fingerprint density at radius 1 is 1.08 bits per heavy atom. The summed E-state index contributed by atoms with van der Waals surface area (Å²) in [6.07, 6.45) is -0.917. The highest BCUT2D eigenvalue weighted by atomic mass is 32.1. The third-order valence-electron chi connectivity index (χ3n) is 5.98. The van der Waals surface area contributed by atoms with Crippen molar-refractivity contribution in [1.29, 1.82) is 0 Å². The normalized spacial score (nSPS) is 12.2. The van der Waals surface area contributed by atoms with Crippen LogP contribution in [0.3, 0.4) is 0 Å². The number of fused-ring (bicyclic) bond motifs is 5. The third-order valence-corrected chi connectivity index (χ3v) is 7.05.